The highest BCUT2D eigenvalue weighted by Gasteiger charge is 2.21. The first-order valence-electron chi connectivity index (χ1n) is 8.33. The number of nitrogens with zero attached hydrogens (tertiary/aromatic N) is 2. The van der Waals surface area contributed by atoms with E-state index in [-0.39, 0.29) is 24.5 Å². The lowest BCUT2D eigenvalue weighted by molar-refractivity contribution is -0.123. The fraction of sp³-hybridized carbons (Fsp3) is 0.588. The zero-order valence-corrected chi connectivity index (χ0v) is 14.9. The molecule has 1 amide bonds. The van der Waals surface area contributed by atoms with E-state index in [0.717, 1.165) is 29.5 Å². The molecule has 2 heterocycles. The molecule has 0 saturated heterocycles. The fourth-order valence-electron chi connectivity index (χ4n) is 3.04. The van der Waals surface area contributed by atoms with Crippen molar-refractivity contribution in [3.8, 4) is 0 Å². The molecule has 130 valence electrons. The minimum absolute atomic E-state index is 0.0476. The van der Waals surface area contributed by atoms with Crippen molar-refractivity contribution in [3.63, 3.8) is 0 Å². The quantitative estimate of drug-likeness (QED) is 0.859. The van der Waals surface area contributed by atoms with E-state index in [4.69, 9.17) is 0 Å². The molecule has 0 aromatic carbocycles. The number of hydrogen-bond donors (Lipinski definition) is 2. The van der Waals surface area contributed by atoms with E-state index in [0.29, 0.717) is 6.54 Å². The number of fused-ring (bicyclic) bond motifs is 3. The molecule has 0 fully saturated rings. The number of amides is 1. The Morgan fingerprint density at radius 2 is 2.17 bits per heavy atom. The predicted molar refractivity (Wildman–Crippen MR) is 94.4 cm³/mol. The van der Waals surface area contributed by atoms with Crippen molar-refractivity contribution in [3.05, 3.63) is 27.1 Å². The number of aromatic nitrogens is 2. The van der Waals surface area contributed by atoms with Gasteiger partial charge in [0.25, 0.3) is 5.56 Å². The van der Waals surface area contributed by atoms with E-state index in [9.17, 15) is 14.7 Å². The maximum Gasteiger partial charge on any atom is 0.262 e. The van der Waals surface area contributed by atoms with Crippen molar-refractivity contribution in [2.45, 2.75) is 58.0 Å². The average Bonchev–Trinajstić information content (AvgIpc) is 2.93. The van der Waals surface area contributed by atoms with Gasteiger partial charge in [0.1, 0.15) is 4.83 Å². The average molecular weight is 349 g/mol. The molecular weight excluding hydrogens is 326 g/mol. The van der Waals surface area contributed by atoms with Gasteiger partial charge in [-0.25, -0.2) is 4.98 Å². The van der Waals surface area contributed by atoms with Gasteiger partial charge in [0.2, 0.25) is 5.91 Å². The van der Waals surface area contributed by atoms with E-state index >= 15 is 0 Å². The molecule has 0 atom stereocenters. The molecule has 0 aliphatic heterocycles. The summed E-state index contributed by atoms with van der Waals surface area (Å²) in [6.45, 7) is 3.66. The Bertz CT molecular complexity index is 822. The highest BCUT2D eigenvalue weighted by Crippen LogP contribution is 2.33. The van der Waals surface area contributed by atoms with Gasteiger partial charge in [0, 0.05) is 17.8 Å². The topological polar surface area (TPSA) is 84.2 Å². The zero-order chi connectivity index (χ0) is 17.3. The molecule has 3 rings (SSSR count). The van der Waals surface area contributed by atoms with Crippen molar-refractivity contribution < 1.29 is 9.90 Å². The molecule has 0 radical (unpaired) electrons. The lowest BCUT2D eigenvalue weighted by atomic mass is 9.97. The second kappa shape index (κ2) is 6.64. The molecule has 0 bridgehead atoms. The third kappa shape index (κ3) is 3.37. The van der Waals surface area contributed by atoms with E-state index in [1.807, 2.05) is 0 Å². The maximum atomic E-state index is 12.8. The summed E-state index contributed by atoms with van der Waals surface area (Å²) in [6, 6.07) is 0. The Hall–Kier alpha value is -1.73. The zero-order valence-electron chi connectivity index (χ0n) is 14.1. The summed E-state index contributed by atoms with van der Waals surface area (Å²) in [5.74, 6) is -0.187. The van der Waals surface area contributed by atoms with Gasteiger partial charge in [0.15, 0.2) is 0 Å². The summed E-state index contributed by atoms with van der Waals surface area (Å²) in [6.07, 6.45) is 6.00. The molecule has 2 aromatic rings. The van der Waals surface area contributed by atoms with Crippen molar-refractivity contribution in [2.75, 3.05) is 6.61 Å². The molecule has 24 heavy (non-hydrogen) atoms. The number of carbonyl (C=O) groups is 1. The van der Waals surface area contributed by atoms with Gasteiger partial charge in [0.05, 0.1) is 23.9 Å². The van der Waals surface area contributed by atoms with Crippen LogP contribution in [0, 0.1) is 0 Å². The number of thiophene rings is 1. The molecule has 2 aromatic heterocycles. The molecule has 6 nitrogen and oxygen atoms in total. The number of hydrogen-bond acceptors (Lipinski definition) is 5. The normalized spacial score (nSPS) is 14.6. The third-order valence-electron chi connectivity index (χ3n) is 4.39. The van der Waals surface area contributed by atoms with E-state index < -0.39 is 5.54 Å². The maximum absolute atomic E-state index is 12.8. The van der Waals surface area contributed by atoms with E-state index in [1.54, 1.807) is 25.2 Å². The first kappa shape index (κ1) is 17.1. The van der Waals surface area contributed by atoms with E-state index in [2.05, 4.69) is 10.3 Å². The third-order valence-corrected chi connectivity index (χ3v) is 5.59. The number of aliphatic hydroxyl groups is 1. The van der Waals surface area contributed by atoms with Crippen LogP contribution in [0.1, 0.15) is 43.6 Å². The molecule has 0 saturated carbocycles. The Balaban J connectivity index is 1.80. The first-order chi connectivity index (χ1) is 11.4. The summed E-state index contributed by atoms with van der Waals surface area (Å²) in [5, 5.41) is 12.7. The van der Waals surface area contributed by atoms with Crippen molar-refractivity contribution >= 4 is 27.5 Å². The van der Waals surface area contributed by atoms with Gasteiger partial charge >= 0.3 is 0 Å². The molecule has 7 heteroatoms. The second-order valence-corrected chi connectivity index (χ2v) is 8.06. The number of carbonyl (C=O) groups excluding carboxylic acids is 1. The van der Waals surface area contributed by atoms with Crippen LogP contribution in [0.2, 0.25) is 0 Å². The first-order valence-corrected chi connectivity index (χ1v) is 9.14. The SMILES string of the molecule is CC(C)(CO)NC(=O)CCn1cnc2sc3c(c2c1=O)CCCC3. The minimum atomic E-state index is -0.656. The van der Waals surface area contributed by atoms with Crippen LogP contribution in [0.25, 0.3) is 10.2 Å². The number of rotatable bonds is 5. The van der Waals surface area contributed by atoms with Gasteiger partial charge in [-0.15, -0.1) is 11.3 Å². The van der Waals surface area contributed by atoms with Gasteiger partial charge < -0.3 is 10.4 Å². The van der Waals surface area contributed by atoms with Crippen molar-refractivity contribution in [1.29, 1.82) is 0 Å². The van der Waals surface area contributed by atoms with Gasteiger partial charge in [-0.3, -0.25) is 14.2 Å². The van der Waals surface area contributed by atoms with Crippen LogP contribution < -0.4 is 10.9 Å². The Kier molecular flexibility index (Phi) is 4.73. The van der Waals surface area contributed by atoms with Crippen LogP contribution in [-0.2, 0) is 24.2 Å². The van der Waals surface area contributed by atoms with Gasteiger partial charge in [-0.1, -0.05) is 0 Å². The van der Waals surface area contributed by atoms with E-state index in [1.165, 1.54) is 27.8 Å². The largest absolute Gasteiger partial charge is 0.394 e. The second-order valence-electron chi connectivity index (χ2n) is 6.97. The summed E-state index contributed by atoms with van der Waals surface area (Å²) in [4.78, 5) is 31.3. The van der Waals surface area contributed by atoms with Crippen LogP contribution in [0.4, 0.5) is 0 Å². The minimum Gasteiger partial charge on any atom is -0.394 e. The van der Waals surface area contributed by atoms with Crippen LogP contribution in [0.3, 0.4) is 0 Å². The smallest absolute Gasteiger partial charge is 0.262 e. The summed E-state index contributed by atoms with van der Waals surface area (Å²) in [7, 11) is 0. The standard InChI is InChI=1S/C17H23N3O3S/c1-17(2,9-21)19-13(22)7-8-20-10-18-15-14(16(20)23)11-5-3-4-6-12(11)24-15/h10,21H,3-9H2,1-2H3,(H,19,22). The van der Waals surface area contributed by atoms with Gasteiger partial charge in [-0.2, -0.15) is 0 Å². The number of nitrogens with one attached hydrogen (secondary N) is 1. The van der Waals surface area contributed by atoms with Crippen molar-refractivity contribution in [1.82, 2.24) is 14.9 Å². The molecule has 2 N–H and O–H groups in total. The van der Waals surface area contributed by atoms with Gasteiger partial charge in [-0.05, 0) is 45.1 Å². The molecule has 0 spiro atoms. The molecule has 1 aliphatic rings. The summed E-state index contributed by atoms with van der Waals surface area (Å²) < 4.78 is 1.52. The van der Waals surface area contributed by atoms with Crippen molar-refractivity contribution in [2.24, 2.45) is 0 Å². The van der Waals surface area contributed by atoms with Crippen LogP contribution in [-0.4, -0.2) is 32.7 Å². The fourth-order valence-corrected chi connectivity index (χ4v) is 4.26. The monoisotopic (exact) mass is 349 g/mol. The van der Waals surface area contributed by atoms with Crippen LogP contribution >= 0.6 is 11.3 Å². The molecular formula is C17H23N3O3S. The summed E-state index contributed by atoms with van der Waals surface area (Å²) >= 11 is 1.63. The summed E-state index contributed by atoms with van der Waals surface area (Å²) in [5.41, 5.74) is 0.462. The highest BCUT2D eigenvalue weighted by molar-refractivity contribution is 7.18. The Morgan fingerprint density at radius 3 is 2.92 bits per heavy atom. The predicted octanol–water partition coefficient (Wildman–Crippen LogP) is 1.61. The Labute approximate surface area is 144 Å². The molecule has 0 unspecified atom stereocenters. The van der Waals surface area contributed by atoms with Crippen LogP contribution in [0.5, 0.6) is 0 Å². The lowest BCUT2D eigenvalue weighted by Gasteiger charge is -2.23. The van der Waals surface area contributed by atoms with Crippen LogP contribution in [0.15, 0.2) is 11.1 Å². The highest BCUT2D eigenvalue weighted by atomic mass is 32.1. The number of aliphatic hydroxyl groups excluding tert-OH is 1. The Morgan fingerprint density at radius 1 is 1.42 bits per heavy atom. The molecule has 1 aliphatic carbocycles. The number of aryl methyl sites for hydroxylation is 3. The lowest BCUT2D eigenvalue weighted by Crippen LogP contribution is -2.46.